The van der Waals surface area contributed by atoms with Crippen LogP contribution in [0.15, 0.2) is 82.5 Å². The summed E-state index contributed by atoms with van der Waals surface area (Å²) >= 11 is 0. The number of nitrogens with one attached hydrogen (secondary N) is 2. The van der Waals surface area contributed by atoms with Crippen LogP contribution < -0.4 is 19.7 Å². The zero-order valence-corrected chi connectivity index (χ0v) is 19.4. The molecule has 4 aromatic rings. The van der Waals surface area contributed by atoms with E-state index in [1.807, 2.05) is 0 Å². The zero-order valence-electron chi connectivity index (χ0n) is 18.6. The number of aromatic nitrogens is 2. The number of anilines is 3. The lowest BCUT2D eigenvalue weighted by Crippen LogP contribution is -2.35. The smallest absolute Gasteiger partial charge is 0.327 e. The molecule has 0 unspecified atom stereocenters. The molecule has 35 heavy (non-hydrogen) atoms. The van der Waals surface area contributed by atoms with Crippen molar-refractivity contribution in [3.63, 3.8) is 0 Å². The van der Waals surface area contributed by atoms with Crippen LogP contribution in [0.5, 0.6) is 5.75 Å². The lowest BCUT2D eigenvalue weighted by atomic mass is 10.0. The van der Waals surface area contributed by atoms with Gasteiger partial charge < -0.3 is 14.6 Å². The van der Waals surface area contributed by atoms with Crippen molar-refractivity contribution in [2.75, 3.05) is 23.8 Å². The Morgan fingerprint density at radius 2 is 1.89 bits per heavy atom. The number of benzene rings is 2. The number of nitrogens with zero attached hydrogens (tertiary/aromatic N) is 3. The van der Waals surface area contributed by atoms with Gasteiger partial charge in [0.25, 0.3) is 10.0 Å². The highest BCUT2D eigenvalue weighted by molar-refractivity contribution is 7.92. The fourth-order valence-electron chi connectivity index (χ4n) is 3.29. The van der Waals surface area contributed by atoms with Gasteiger partial charge in [0.05, 0.1) is 12.8 Å². The Bertz CT molecular complexity index is 1440. The quantitative estimate of drug-likeness (QED) is 0.392. The molecule has 0 bridgehead atoms. The number of pyridine rings is 1. The van der Waals surface area contributed by atoms with E-state index in [0.29, 0.717) is 22.6 Å². The Kier molecular flexibility index (Phi) is 6.64. The van der Waals surface area contributed by atoms with Gasteiger partial charge in [-0.3, -0.25) is 4.72 Å². The molecule has 0 spiro atoms. The minimum absolute atomic E-state index is 0.0139. The number of urea groups is 1. The van der Waals surface area contributed by atoms with Crippen molar-refractivity contribution in [2.45, 2.75) is 4.90 Å². The Hall–Kier alpha value is -4.45. The van der Waals surface area contributed by atoms with Gasteiger partial charge >= 0.3 is 6.03 Å². The van der Waals surface area contributed by atoms with Crippen molar-refractivity contribution in [1.29, 1.82) is 0 Å². The van der Waals surface area contributed by atoms with Gasteiger partial charge in [-0.1, -0.05) is 23.4 Å². The van der Waals surface area contributed by atoms with Gasteiger partial charge in [0, 0.05) is 19.3 Å². The molecule has 2 aromatic carbocycles. The van der Waals surface area contributed by atoms with Crippen LogP contribution >= 0.6 is 0 Å². The Balaban J connectivity index is 1.75. The second-order valence-electron chi connectivity index (χ2n) is 7.13. The van der Waals surface area contributed by atoms with Gasteiger partial charge in [0.2, 0.25) is 0 Å². The van der Waals surface area contributed by atoms with Crippen molar-refractivity contribution in [3.8, 4) is 16.9 Å². The molecule has 0 aliphatic rings. The number of hydrogen-bond donors (Lipinski definition) is 2. The second-order valence-corrected chi connectivity index (χ2v) is 8.81. The summed E-state index contributed by atoms with van der Waals surface area (Å²) in [5.74, 6) is 0.0834. The average Bonchev–Trinajstić information content (AvgIpc) is 3.36. The normalized spacial score (nSPS) is 11.1. The van der Waals surface area contributed by atoms with Gasteiger partial charge in [-0.05, 0) is 47.5 Å². The van der Waals surface area contributed by atoms with Crippen molar-refractivity contribution in [3.05, 3.63) is 78.9 Å². The van der Waals surface area contributed by atoms with E-state index in [9.17, 15) is 17.6 Å². The summed E-state index contributed by atoms with van der Waals surface area (Å²) in [6.45, 7) is 0. The molecule has 0 aliphatic carbocycles. The summed E-state index contributed by atoms with van der Waals surface area (Å²) in [6, 6.07) is 14.5. The maximum atomic E-state index is 13.8. The van der Waals surface area contributed by atoms with E-state index in [-0.39, 0.29) is 16.5 Å². The summed E-state index contributed by atoms with van der Waals surface area (Å²) in [4.78, 5) is 18.2. The van der Waals surface area contributed by atoms with Crippen LogP contribution in [0.4, 0.5) is 26.5 Å². The fraction of sp³-hybridized carbons (Fsp3) is 0.0870. The lowest BCUT2D eigenvalue weighted by molar-refractivity contribution is 0.250. The molecule has 180 valence electrons. The van der Waals surface area contributed by atoms with Gasteiger partial charge in [-0.15, -0.1) is 0 Å². The molecule has 2 N–H and O–H groups in total. The van der Waals surface area contributed by atoms with E-state index in [1.54, 1.807) is 30.3 Å². The number of ether oxygens (including phenoxy) is 1. The predicted molar refractivity (Wildman–Crippen MR) is 127 cm³/mol. The maximum Gasteiger partial charge on any atom is 0.327 e. The monoisotopic (exact) mass is 497 g/mol. The molecular formula is C23H20FN5O5S. The van der Waals surface area contributed by atoms with Gasteiger partial charge in [-0.25, -0.2) is 27.5 Å². The average molecular weight is 498 g/mol. The van der Waals surface area contributed by atoms with Crippen molar-refractivity contribution < 1.29 is 26.9 Å². The largest absolute Gasteiger partial charge is 0.495 e. The number of carbonyl (C=O) groups is 1. The van der Waals surface area contributed by atoms with Crippen molar-refractivity contribution in [1.82, 2.24) is 15.5 Å². The van der Waals surface area contributed by atoms with Gasteiger partial charge in [-0.2, -0.15) is 0 Å². The van der Waals surface area contributed by atoms with E-state index in [2.05, 4.69) is 24.7 Å². The summed E-state index contributed by atoms with van der Waals surface area (Å²) in [5.41, 5.74) is 1.54. The molecule has 0 fully saturated rings. The van der Waals surface area contributed by atoms with Crippen molar-refractivity contribution in [2.24, 2.45) is 0 Å². The summed E-state index contributed by atoms with van der Waals surface area (Å²) in [6.07, 6.45) is 2.34. The number of hydrogen-bond acceptors (Lipinski definition) is 7. The first-order valence-electron chi connectivity index (χ1n) is 10.2. The SMILES string of the molecule is CNC(=O)N(c1ccc(S(=O)(=O)Nc2ccon2)cn1)c1cc(-c2cccc(F)c2)ccc1OC. The lowest BCUT2D eigenvalue weighted by Gasteiger charge is -2.24. The number of halogens is 1. The van der Waals surface area contributed by atoms with E-state index in [4.69, 9.17) is 4.74 Å². The first-order chi connectivity index (χ1) is 16.8. The molecular weight excluding hydrogens is 477 g/mol. The highest BCUT2D eigenvalue weighted by Crippen LogP contribution is 2.37. The molecule has 2 amide bonds. The Morgan fingerprint density at radius 1 is 1.09 bits per heavy atom. The molecule has 2 aromatic heterocycles. The van der Waals surface area contributed by atoms with Crippen LogP contribution in [-0.4, -0.2) is 38.7 Å². The third-order valence-electron chi connectivity index (χ3n) is 4.93. The topological polar surface area (TPSA) is 127 Å². The summed E-state index contributed by atoms with van der Waals surface area (Å²) < 4.78 is 51.3. The standard InChI is InChI=1S/C23H20FN5O5S/c1-25-23(30)29(19-13-16(6-8-20(19)33-2)15-4-3-5-17(24)12-15)22-9-7-18(14-26-22)35(31,32)28-21-10-11-34-27-21/h3-14H,1-2H3,(H,25,30)(H,27,28). The minimum Gasteiger partial charge on any atom is -0.495 e. The molecule has 0 aliphatic heterocycles. The van der Waals surface area contributed by atoms with Crippen LogP contribution in [-0.2, 0) is 10.0 Å². The van der Waals surface area contributed by atoms with Crippen LogP contribution in [0.3, 0.4) is 0 Å². The predicted octanol–water partition coefficient (Wildman–Crippen LogP) is 4.16. The first-order valence-corrected chi connectivity index (χ1v) is 11.7. The number of sulfonamides is 1. The van der Waals surface area contributed by atoms with Crippen molar-refractivity contribution >= 4 is 33.4 Å². The number of carbonyl (C=O) groups excluding carboxylic acids is 1. The molecule has 12 heteroatoms. The Morgan fingerprint density at radius 3 is 2.51 bits per heavy atom. The van der Waals surface area contributed by atoms with Gasteiger partial charge in [0.15, 0.2) is 5.82 Å². The Labute approximate surface area is 200 Å². The summed E-state index contributed by atoms with van der Waals surface area (Å²) in [7, 11) is -1.10. The van der Waals surface area contributed by atoms with Crippen LogP contribution in [0.25, 0.3) is 11.1 Å². The van der Waals surface area contributed by atoms with Crippen LogP contribution in [0.2, 0.25) is 0 Å². The van der Waals surface area contributed by atoms with Crippen LogP contribution in [0, 0.1) is 5.82 Å². The molecule has 0 radical (unpaired) electrons. The third-order valence-corrected chi connectivity index (χ3v) is 6.27. The molecule has 2 heterocycles. The zero-order chi connectivity index (χ0) is 25.0. The number of rotatable bonds is 7. The molecule has 0 atom stereocenters. The molecule has 0 saturated carbocycles. The highest BCUT2D eigenvalue weighted by Gasteiger charge is 2.24. The summed E-state index contributed by atoms with van der Waals surface area (Å²) in [5, 5.41) is 6.06. The second kappa shape index (κ2) is 9.81. The van der Waals surface area contributed by atoms with E-state index >= 15 is 0 Å². The van der Waals surface area contributed by atoms with Gasteiger partial charge in [0.1, 0.15) is 28.5 Å². The maximum absolute atomic E-state index is 13.8. The fourth-order valence-corrected chi connectivity index (χ4v) is 4.22. The van der Waals surface area contributed by atoms with E-state index in [0.717, 1.165) is 6.20 Å². The molecule has 4 rings (SSSR count). The first kappa shape index (κ1) is 23.7. The van der Waals surface area contributed by atoms with E-state index in [1.165, 1.54) is 55.7 Å². The van der Waals surface area contributed by atoms with E-state index < -0.39 is 21.9 Å². The number of methoxy groups -OCH3 is 1. The highest BCUT2D eigenvalue weighted by atomic mass is 32.2. The molecule has 10 nitrogen and oxygen atoms in total. The minimum atomic E-state index is -3.99. The molecule has 0 saturated heterocycles. The number of amides is 2. The van der Waals surface area contributed by atoms with Crippen LogP contribution in [0.1, 0.15) is 0 Å². The third kappa shape index (κ3) is 5.06.